The molecule has 1 amide bonds. The number of carbonyl (C=O) groups excluding carboxylic acids is 1. The number of amides is 1. The molecule has 11 nitrogen and oxygen atoms in total. The van der Waals surface area contributed by atoms with Gasteiger partial charge in [-0.25, -0.2) is 26.3 Å². The Hall–Kier alpha value is -13.9. The fraction of sp³-hybridized carbons (Fsp3) is 0.0938. The second kappa shape index (κ2) is 37.0. The van der Waals surface area contributed by atoms with Crippen molar-refractivity contribution in [3.05, 3.63) is 446 Å². The summed E-state index contributed by atoms with van der Waals surface area (Å²) in [7, 11) is 0. The van der Waals surface area contributed by atoms with E-state index >= 15 is 0 Å². The Morgan fingerprint density at radius 2 is 0.735 bits per heavy atom. The first-order chi connectivity index (χ1) is 54.3. The monoisotopic (exact) mass is 1510 g/mol. The molecule has 113 heavy (non-hydrogen) atoms. The molecule has 10 aromatic carbocycles. The average molecular weight is 1510 g/mol. The third kappa shape index (κ3) is 21.5. The number of benzene rings is 10. The second-order valence-corrected chi connectivity index (χ2v) is 26.9. The minimum absolute atomic E-state index is 0.0224. The lowest BCUT2D eigenvalue weighted by atomic mass is 9.99. The van der Waals surface area contributed by atoms with Crippen molar-refractivity contribution in [1.29, 1.82) is 0 Å². The molecule has 1 N–H and O–H groups in total. The standard InChI is InChI=1S/C20H18FNO.C19H15F2NO.C19H15F2N.C19H16FNO.C19H16N2O2/c1-20(2,21)17-9-6-10-18(13-17)22-14-16(11-12-19(22)23)15-7-4-3-5-8-15;1-19(20,21)16-8-10-17(11-9-16)22-13-15(7-12-18(22)23)14-5-3-2-4-6-14;1-14-7-8-17(15-5-3-2-4-6-15)13-22(14)18-11-9-16(10-12-18)19(20)21;1-14(20)16-8-5-9-18(12-16)21-13-17(10-11-19(21)22)15-6-3-2-4-7-15;1-14(22)20-17-8-5-9-18(12-17)21-13-16(10-11-19(21)23)15-6-3-2-4-7-15/h3-14H,1-2H3;2-13H,1H3;2-13,19H,1H2;2-14H,1H3;2-13H,1H3,(H,20,22). The van der Waals surface area contributed by atoms with Crippen LogP contribution in [-0.2, 0) is 16.4 Å². The second-order valence-electron chi connectivity index (χ2n) is 26.9. The van der Waals surface area contributed by atoms with Gasteiger partial charge in [-0.05, 0) is 185 Å². The normalized spacial score (nSPS) is 11.9. The van der Waals surface area contributed by atoms with Crippen LogP contribution in [0, 0.1) is 0 Å². The molecule has 0 radical (unpaired) electrons. The number of nitrogens with one attached hydrogen (secondary N) is 1. The minimum Gasteiger partial charge on any atom is -0.326 e. The molecule has 15 rings (SSSR count). The number of aromatic nitrogens is 4. The average Bonchev–Trinajstić information content (AvgIpc) is 0.821. The molecular weight excluding hydrogens is 1430 g/mol. The maximum atomic E-state index is 14.2. The first kappa shape index (κ1) is 80.1. The number of alkyl halides is 6. The Labute approximate surface area is 651 Å². The van der Waals surface area contributed by atoms with Gasteiger partial charge in [0.25, 0.3) is 34.6 Å². The number of anilines is 2. The number of halogens is 6. The van der Waals surface area contributed by atoms with Crippen LogP contribution in [0.15, 0.2) is 396 Å². The van der Waals surface area contributed by atoms with E-state index in [2.05, 4.69) is 11.9 Å². The van der Waals surface area contributed by atoms with Crippen LogP contribution in [0.2, 0.25) is 0 Å². The predicted octanol–water partition coefficient (Wildman–Crippen LogP) is 22.9. The summed E-state index contributed by atoms with van der Waals surface area (Å²) in [6.45, 7) is 10.8. The van der Waals surface area contributed by atoms with Gasteiger partial charge in [0.2, 0.25) is 5.91 Å². The topological polar surface area (TPSA) is 120 Å². The zero-order valence-corrected chi connectivity index (χ0v) is 62.5. The molecule has 17 heteroatoms. The van der Waals surface area contributed by atoms with Gasteiger partial charge < -0.3 is 10.2 Å². The van der Waals surface area contributed by atoms with Gasteiger partial charge in [0.15, 0.2) is 0 Å². The van der Waals surface area contributed by atoms with Gasteiger partial charge in [-0.1, -0.05) is 219 Å². The Morgan fingerprint density at radius 1 is 0.363 bits per heavy atom. The van der Waals surface area contributed by atoms with Gasteiger partial charge in [-0.15, -0.1) is 0 Å². The number of hydrogen-bond donors (Lipinski definition) is 1. The number of nitrogens with zero attached hydrogens (tertiary/aromatic N) is 5. The Kier molecular flexibility index (Phi) is 26.2. The van der Waals surface area contributed by atoms with Crippen LogP contribution in [0.3, 0.4) is 0 Å². The molecule has 0 spiro atoms. The maximum absolute atomic E-state index is 14.2. The molecule has 566 valence electrons. The summed E-state index contributed by atoms with van der Waals surface area (Å²) < 4.78 is 85.7. The van der Waals surface area contributed by atoms with Crippen molar-refractivity contribution >= 4 is 22.9 Å². The van der Waals surface area contributed by atoms with Gasteiger partial charge in [0, 0.05) is 114 Å². The lowest BCUT2D eigenvalue weighted by Crippen LogP contribution is -2.17. The molecule has 0 saturated carbocycles. The summed E-state index contributed by atoms with van der Waals surface area (Å²) in [5.41, 5.74) is 13.8. The van der Waals surface area contributed by atoms with Crippen molar-refractivity contribution in [2.24, 2.45) is 0 Å². The van der Waals surface area contributed by atoms with Gasteiger partial charge in [0.1, 0.15) is 11.8 Å². The van der Waals surface area contributed by atoms with Gasteiger partial charge in [0.05, 0.1) is 5.69 Å². The Balaban J connectivity index is 0.000000139. The maximum Gasteiger partial charge on any atom is 0.270 e. The fourth-order valence-corrected chi connectivity index (χ4v) is 12.1. The van der Waals surface area contributed by atoms with E-state index in [-0.39, 0.29) is 39.3 Å². The number of rotatable bonds is 15. The van der Waals surface area contributed by atoms with Crippen LogP contribution in [-0.4, -0.2) is 24.2 Å². The Bertz CT molecular complexity index is 5900. The molecule has 4 aromatic heterocycles. The Morgan fingerprint density at radius 3 is 1.12 bits per heavy atom. The number of allylic oxidation sites excluding steroid dienone is 3. The minimum atomic E-state index is -2.89. The van der Waals surface area contributed by atoms with Crippen LogP contribution in [0.5, 0.6) is 0 Å². The van der Waals surface area contributed by atoms with E-state index < -0.39 is 24.2 Å². The summed E-state index contributed by atoms with van der Waals surface area (Å²) >= 11 is 0. The van der Waals surface area contributed by atoms with Gasteiger partial charge >= 0.3 is 0 Å². The highest BCUT2D eigenvalue weighted by atomic mass is 19.3. The highest BCUT2D eigenvalue weighted by Gasteiger charge is 2.24. The summed E-state index contributed by atoms with van der Waals surface area (Å²) in [6.07, 6.45) is 9.49. The van der Waals surface area contributed by atoms with Crippen LogP contribution < -0.4 is 32.5 Å². The zero-order valence-electron chi connectivity index (χ0n) is 62.5. The van der Waals surface area contributed by atoms with E-state index in [1.165, 1.54) is 86.9 Å². The molecule has 0 aliphatic carbocycles. The fourth-order valence-electron chi connectivity index (χ4n) is 12.1. The summed E-state index contributed by atoms with van der Waals surface area (Å²) in [5, 5.41) is 2.73. The zero-order chi connectivity index (χ0) is 80.2. The van der Waals surface area contributed by atoms with E-state index in [9.17, 15) is 50.3 Å². The van der Waals surface area contributed by atoms with Crippen LogP contribution in [0.4, 0.5) is 37.7 Å². The van der Waals surface area contributed by atoms with E-state index in [1.807, 2.05) is 211 Å². The molecular formula is C96H80F6N6O5. The van der Waals surface area contributed by atoms with Crippen molar-refractivity contribution in [2.75, 3.05) is 10.2 Å². The van der Waals surface area contributed by atoms with Crippen molar-refractivity contribution in [1.82, 2.24) is 18.3 Å². The van der Waals surface area contributed by atoms with Crippen molar-refractivity contribution in [2.45, 2.75) is 58.8 Å². The molecule has 1 aliphatic rings. The number of pyridine rings is 4. The quantitative estimate of drug-likeness (QED) is 0.102. The lowest BCUT2D eigenvalue weighted by Gasteiger charge is -2.25. The van der Waals surface area contributed by atoms with Crippen LogP contribution >= 0.6 is 0 Å². The molecule has 1 aliphatic heterocycles. The number of hydrogen-bond acceptors (Lipinski definition) is 6. The van der Waals surface area contributed by atoms with E-state index in [4.69, 9.17) is 0 Å². The molecule has 1 unspecified atom stereocenters. The third-order valence-corrected chi connectivity index (χ3v) is 18.2. The predicted molar refractivity (Wildman–Crippen MR) is 444 cm³/mol. The first-order valence-electron chi connectivity index (χ1n) is 36.2. The summed E-state index contributed by atoms with van der Waals surface area (Å²) in [6, 6.07) is 95.7. The molecule has 5 heterocycles. The highest BCUT2D eigenvalue weighted by Crippen LogP contribution is 2.33. The smallest absolute Gasteiger partial charge is 0.270 e. The van der Waals surface area contributed by atoms with E-state index in [0.29, 0.717) is 39.6 Å². The third-order valence-electron chi connectivity index (χ3n) is 18.2. The molecule has 1 atom stereocenters. The molecule has 14 aromatic rings. The van der Waals surface area contributed by atoms with E-state index in [0.717, 1.165) is 74.0 Å². The van der Waals surface area contributed by atoms with Crippen molar-refractivity contribution < 1.29 is 31.1 Å². The van der Waals surface area contributed by atoms with Crippen LogP contribution in [0.25, 0.3) is 72.8 Å². The summed E-state index contributed by atoms with van der Waals surface area (Å²) in [5.74, 6) is -3.04. The summed E-state index contributed by atoms with van der Waals surface area (Å²) in [4.78, 5) is 61.8. The molecule has 0 bridgehead atoms. The first-order valence-corrected chi connectivity index (χ1v) is 36.2. The van der Waals surface area contributed by atoms with Gasteiger partial charge in [-0.2, -0.15) is 0 Å². The SMILES string of the molecule is C=C1C=CC(c2ccccc2)=CN1c1ccc(C(F)F)cc1.CC(=O)Nc1cccc(-n2cc(-c3ccccc3)ccc2=O)c1.CC(C)(F)c1cccc(-n2cc(-c3ccccc3)ccc2=O)c1.CC(F)(F)c1ccc(-n2cc(-c3ccccc3)ccc2=O)cc1.CC(F)c1cccc(-n2cc(-c3ccccc3)ccc2=O)c1. The van der Waals surface area contributed by atoms with Gasteiger partial charge in [-0.3, -0.25) is 42.2 Å². The largest absolute Gasteiger partial charge is 0.326 e. The molecule has 0 fully saturated rings. The highest BCUT2D eigenvalue weighted by molar-refractivity contribution is 5.89. The van der Waals surface area contributed by atoms with Crippen LogP contribution in [0.1, 0.15) is 75.0 Å². The van der Waals surface area contributed by atoms with E-state index in [1.54, 1.807) is 117 Å². The molecule has 0 saturated heterocycles. The lowest BCUT2D eigenvalue weighted by molar-refractivity contribution is -0.114. The van der Waals surface area contributed by atoms with Crippen molar-refractivity contribution in [3.8, 4) is 67.3 Å². The van der Waals surface area contributed by atoms with Crippen molar-refractivity contribution in [3.63, 3.8) is 0 Å². The number of carbonyl (C=O) groups is 1.